The predicted molar refractivity (Wildman–Crippen MR) is 43.3 cm³/mol. The van der Waals surface area contributed by atoms with Crippen LogP contribution in [0.3, 0.4) is 0 Å². The Balaban J connectivity index is 2.65. The zero-order valence-electron chi connectivity index (χ0n) is 6.78. The molecule has 0 N–H and O–H groups in total. The van der Waals surface area contributed by atoms with Gasteiger partial charge in [-0.3, -0.25) is 4.79 Å². The Hall–Kier alpha value is -1.40. The summed E-state index contributed by atoms with van der Waals surface area (Å²) >= 11 is 0. The smallest absolute Gasteiger partial charge is 0.261 e. The molecule has 3 heteroatoms. The highest BCUT2D eigenvalue weighted by Crippen LogP contribution is 2.12. The second kappa shape index (κ2) is 3.84. The highest BCUT2D eigenvalue weighted by molar-refractivity contribution is 6.09. The van der Waals surface area contributed by atoms with Crippen molar-refractivity contribution < 1.29 is 9.53 Å². The lowest BCUT2D eigenvalue weighted by molar-refractivity contribution is -0.110. The van der Waals surface area contributed by atoms with E-state index in [1.807, 2.05) is 0 Å². The van der Waals surface area contributed by atoms with Gasteiger partial charge >= 0.3 is 0 Å². The number of allylic oxidation sites excluding steroid dienone is 2. The number of methoxy groups -OCH3 is 1. The van der Waals surface area contributed by atoms with Crippen LogP contribution in [-0.2, 0) is 9.53 Å². The van der Waals surface area contributed by atoms with Crippen molar-refractivity contribution in [1.29, 1.82) is 5.26 Å². The van der Waals surface area contributed by atoms with Crippen LogP contribution in [0.2, 0.25) is 0 Å². The van der Waals surface area contributed by atoms with E-state index in [0.717, 1.165) is 0 Å². The lowest BCUT2D eigenvalue weighted by atomic mass is 10.0. The molecule has 1 atom stereocenters. The zero-order valence-corrected chi connectivity index (χ0v) is 6.78. The Labute approximate surface area is 70.9 Å². The zero-order chi connectivity index (χ0) is 8.97. The average molecular weight is 163 g/mol. The molecule has 0 aromatic heterocycles. The van der Waals surface area contributed by atoms with Crippen LogP contribution >= 0.6 is 0 Å². The van der Waals surface area contributed by atoms with Gasteiger partial charge in [0.15, 0.2) is 0 Å². The second-order valence-corrected chi connectivity index (χ2v) is 2.47. The van der Waals surface area contributed by atoms with Crippen LogP contribution in [0.15, 0.2) is 23.8 Å². The van der Waals surface area contributed by atoms with E-state index in [9.17, 15) is 4.79 Å². The van der Waals surface area contributed by atoms with Gasteiger partial charge in [0, 0.05) is 12.7 Å². The van der Waals surface area contributed by atoms with Crippen molar-refractivity contribution in [3.8, 4) is 6.07 Å². The van der Waals surface area contributed by atoms with E-state index in [4.69, 9.17) is 10.00 Å². The molecule has 0 spiro atoms. The number of rotatable bonds is 2. The summed E-state index contributed by atoms with van der Waals surface area (Å²) in [7, 11) is 1.61. The van der Waals surface area contributed by atoms with Crippen molar-refractivity contribution in [2.75, 3.05) is 7.11 Å². The molecule has 0 saturated heterocycles. The lowest BCUT2D eigenvalue weighted by Gasteiger charge is -2.11. The van der Waals surface area contributed by atoms with Crippen LogP contribution in [0, 0.1) is 11.3 Å². The van der Waals surface area contributed by atoms with Gasteiger partial charge in [-0.2, -0.15) is 5.26 Å². The molecule has 0 saturated carbocycles. The molecule has 1 unspecified atom stereocenters. The minimum absolute atomic E-state index is 0.0419. The van der Waals surface area contributed by atoms with Gasteiger partial charge in [-0.15, -0.1) is 0 Å². The van der Waals surface area contributed by atoms with E-state index in [-0.39, 0.29) is 6.10 Å². The van der Waals surface area contributed by atoms with Crippen LogP contribution in [0.25, 0.3) is 0 Å². The van der Waals surface area contributed by atoms with Crippen LogP contribution in [0.5, 0.6) is 0 Å². The molecule has 0 bridgehead atoms. The van der Waals surface area contributed by atoms with E-state index < -0.39 is 5.78 Å². The summed E-state index contributed by atoms with van der Waals surface area (Å²) in [6, 6.07) is 1.57. The number of ether oxygens (including phenoxy) is 1. The van der Waals surface area contributed by atoms with Gasteiger partial charge in [-0.1, -0.05) is 18.2 Å². The number of nitriles is 1. The maximum absolute atomic E-state index is 10.8. The van der Waals surface area contributed by atoms with E-state index in [0.29, 0.717) is 12.0 Å². The maximum Gasteiger partial charge on any atom is 0.261 e. The summed E-state index contributed by atoms with van der Waals surface area (Å²) in [5.74, 6) is -0.485. The van der Waals surface area contributed by atoms with Gasteiger partial charge in [0.1, 0.15) is 6.07 Å². The summed E-state index contributed by atoms with van der Waals surface area (Å²) in [4.78, 5) is 10.8. The Morgan fingerprint density at radius 2 is 2.58 bits per heavy atom. The Morgan fingerprint density at radius 3 is 3.00 bits per heavy atom. The van der Waals surface area contributed by atoms with Crippen molar-refractivity contribution in [3.05, 3.63) is 23.8 Å². The van der Waals surface area contributed by atoms with Gasteiger partial charge < -0.3 is 4.74 Å². The molecule has 0 amide bonds. The molecule has 1 aliphatic rings. The molecule has 62 valence electrons. The molecule has 0 heterocycles. The topological polar surface area (TPSA) is 50.1 Å². The lowest BCUT2D eigenvalue weighted by Crippen LogP contribution is -2.10. The van der Waals surface area contributed by atoms with Gasteiger partial charge in [0.25, 0.3) is 5.78 Å². The molecule has 1 rings (SSSR count). The number of carbonyl (C=O) groups excluding carboxylic acids is 1. The monoisotopic (exact) mass is 163 g/mol. The maximum atomic E-state index is 10.8. The predicted octanol–water partition coefficient (Wildman–Crippen LogP) is 0.980. The van der Waals surface area contributed by atoms with E-state index in [1.54, 1.807) is 31.4 Å². The van der Waals surface area contributed by atoms with Crippen molar-refractivity contribution in [1.82, 2.24) is 0 Å². The first-order valence-electron chi connectivity index (χ1n) is 3.63. The number of hydrogen-bond acceptors (Lipinski definition) is 3. The number of Topliss-reactive ketones (excluding diaryl/α,β-unsaturated/α-hetero) is 1. The molecule has 1 aliphatic carbocycles. The highest BCUT2D eigenvalue weighted by atomic mass is 16.5. The normalized spacial score (nSPS) is 21.3. The second-order valence-electron chi connectivity index (χ2n) is 2.47. The van der Waals surface area contributed by atoms with Crippen molar-refractivity contribution in [3.63, 3.8) is 0 Å². The third-order valence-electron chi connectivity index (χ3n) is 1.73. The SMILES string of the molecule is COC1C=CC(C(=O)C#N)=CC1. The average Bonchev–Trinajstić information content (AvgIpc) is 2.17. The van der Waals surface area contributed by atoms with Crippen molar-refractivity contribution >= 4 is 5.78 Å². The number of ketones is 1. The Kier molecular flexibility index (Phi) is 2.78. The first-order chi connectivity index (χ1) is 5.77. The van der Waals surface area contributed by atoms with Gasteiger partial charge in [0.2, 0.25) is 0 Å². The number of carbonyl (C=O) groups is 1. The molecule has 0 radical (unpaired) electrons. The van der Waals surface area contributed by atoms with Crippen molar-refractivity contribution in [2.24, 2.45) is 0 Å². The fraction of sp³-hybridized carbons (Fsp3) is 0.333. The van der Waals surface area contributed by atoms with Crippen molar-refractivity contribution in [2.45, 2.75) is 12.5 Å². The minimum Gasteiger partial charge on any atom is -0.377 e. The largest absolute Gasteiger partial charge is 0.377 e. The quantitative estimate of drug-likeness (QED) is 0.570. The molecular formula is C9H9NO2. The molecule has 0 aromatic rings. The Bertz CT molecular complexity index is 283. The number of hydrogen-bond donors (Lipinski definition) is 0. The molecule has 0 fully saturated rings. The first-order valence-corrected chi connectivity index (χ1v) is 3.63. The van der Waals surface area contributed by atoms with Crippen LogP contribution in [-0.4, -0.2) is 19.0 Å². The summed E-state index contributed by atoms with van der Waals surface area (Å²) < 4.78 is 5.03. The van der Waals surface area contributed by atoms with Crippen LogP contribution in [0.1, 0.15) is 6.42 Å². The molecule has 3 nitrogen and oxygen atoms in total. The van der Waals surface area contributed by atoms with E-state index in [1.165, 1.54) is 0 Å². The summed E-state index contributed by atoms with van der Waals surface area (Å²) in [6.07, 6.45) is 5.84. The number of nitrogens with zero attached hydrogens (tertiary/aromatic N) is 1. The van der Waals surface area contributed by atoms with E-state index >= 15 is 0 Å². The fourth-order valence-corrected chi connectivity index (χ4v) is 1.01. The van der Waals surface area contributed by atoms with Crippen LogP contribution < -0.4 is 0 Å². The van der Waals surface area contributed by atoms with Gasteiger partial charge in [0.05, 0.1) is 6.10 Å². The summed E-state index contributed by atoms with van der Waals surface area (Å²) in [5, 5.41) is 8.30. The van der Waals surface area contributed by atoms with Crippen LogP contribution in [0.4, 0.5) is 0 Å². The third-order valence-corrected chi connectivity index (χ3v) is 1.73. The third kappa shape index (κ3) is 1.80. The standard InChI is InChI=1S/C9H9NO2/c1-12-8-4-2-7(3-5-8)9(11)6-10/h2-4,8H,5H2,1H3. The van der Waals surface area contributed by atoms with E-state index in [2.05, 4.69) is 0 Å². The molecule has 0 aliphatic heterocycles. The molecular weight excluding hydrogens is 154 g/mol. The summed E-state index contributed by atoms with van der Waals surface area (Å²) in [5.41, 5.74) is 0.464. The van der Waals surface area contributed by atoms with Gasteiger partial charge in [-0.05, 0) is 6.42 Å². The van der Waals surface area contributed by atoms with Gasteiger partial charge in [-0.25, -0.2) is 0 Å². The molecule has 12 heavy (non-hydrogen) atoms. The Morgan fingerprint density at radius 1 is 1.83 bits per heavy atom. The minimum atomic E-state index is -0.485. The summed E-state index contributed by atoms with van der Waals surface area (Å²) in [6.45, 7) is 0. The first kappa shape index (κ1) is 8.69. The fourth-order valence-electron chi connectivity index (χ4n) is 1.01. The molecule has 0 aromatic carbocycles. The highest BCUT2D eigenvalue weighted by Gasteiger charge is 2.11.